The molecule has 0 aromatic carbocycles. The summed E-state index contributed by atoms with van der Waals surface area (Å²) >= 11 is 0. The van der Waals surface area contributed by atoms with Crippen LogP contribution in [0.15, 0.2) is 0 Å². The zero-order valence-corrected chi connectivity index (χ0v) is 12.9. The molecule has 2 atom stereocenters. The van der Waals surface area contributed by atoms with Gasteiger partial charge in [-0.2, -0.15) is 5.26 Å². The maximum absolute atomic E-state index is 13.0. The van der Waals surface area contributed by atoms with E-state index < -0.39 is 5.41 Å². The number of carbonyl (C=O) groups is 1. The maximum Gasteiger partial charge on any atom is 0.243 e. The molecule has 3 nitrogen and oxygen atoms in total. The van der Waals surface area contributed by atoms with E-state index in [1.807, 2.05) is 4.90 Å². The number of likely N-dealkylation sites (tertiary alicyclic amines) is 1. The highest BCUT2D eigenvalue weighted by Crippen LogP contribution is 2.37. The van der Waals surface area contributed by atoms with Crippen LogP contribution in [-0.2, 0) is 4.79 Å². The van der Waals surface area contributed by atoms with E-state index in [0.29, 0.717) is 24.9 Å². The van der Waals surface area contributed by atoms with Gasteiger partial charge in [-0.25, -0.2) is 0 Å². The molecule has 19 heavy (non-hydrogen) atoms. The molecule has 1 fully saturated rings. The van der Waals surface area contributed by atoms with Crippen molar-refractivity contribution in [3.05, 3.63) is 0 Å². The van der Waals surface area contributed by atoms with Crippen LogP contribution in [0.5, 0.6) is 0 Å². The Morgan fingerprint density at radius 2 is 1.84 bits per heavy atom. The van der Waals surface area contributed by atoms with Crippen molar-refractivity contribution in [3.8, 4) is 6.07 Å². The summed E-state index contributed by atoms with van der Waals surface area (Å²) in [4.78, 5) is 15.0. The van der Waals surface area contributed by atoms with Crippen LogP contribution >= 0.6 is 0 Å². The van der Waals surface area contributed by atoms with E-state index in [4.69, 9.17) is 0 Å². The SMILES string of the molecule is CCCC(C#N)(CCC)C(=O)N1C(C)CCC1CC. The van der Waals surface area contributed by atoms with E-state index in [9.17, 15) is 10.1 Å². The number of nitriles is 1. The van der Waals surface area contributed by atoms with Gasteiger partial charge in [0.2, 0.25) is 5.91 Å². The number of carbonyl (C=O) groups excluding carboxylic acids is 1. The fourth-order valence-electron chi connectivity index (χ4n) is 3.44. The highest BCUT2D eigenvalue weighted by atomic mass is 16.2. The third-order valence-electron chi connectivity index (χ3n) is 4.47. The molecule has 2 unspecified atom stereocenters. The standard InChI is InChI=1S/C16H28N2O/c1-5-10-16(12-17,11-6-2)15(19)18-13(4)8-9-14(18)7-3/h13-14H,5-11H2,1-4H3. The molecule has 1 saturated heterocycles. The van der Waals surface area contributed by atoms with E-state index in [1.165, 1.54) is 0 Å². The van der Waals surface area contributed by atoms with Crippen LogP contribution < -0.4 is 0 Å². The molecular formula is C16H28N2O. The van der Waals surface area contributed by atoms with Crippen LogP contribution in [0, 0.1) is 16.7 Å². The van der Waals surface area contributed by atoms with Gasteiger partial charge in [0.1, 0.15) is 5.41 Å². The number of hydrogen-bond acceptors (Lipinski definition) is 2. The Morgan fingerprint density at radius 1 is 1.26 bits per heavy atom. The summed E-state index contributed by atoms with van der Waals surface area (Å²) in [6, 6.07) is 3.00. The Morgan fingerprint density at radius 3 is 2.26 bits per heavy atom. The Bertz CT molecular complexity index is 339. The molecule has 1 aliphatic rings. The first kappa shape index (κ1) is 16.0. The molecule has 0 spiro atoms. The zero-order valence-electron chi connectivity index (χ0n) is 12.9. The number of hydrogen-bond donors (Lipinski definition) is 0. The van der Waals surface area contributed by atoms with Gasteiger partial charge in [0, 0.05) is 12.1 Å². The molecule has 1 heterocycles. The fraction of sp³-hybridized carbons (Fsp3) is 0.875. The lowest BCUT2D eigenvalue weighted by Crippen LogP contribution is -2.48. The van der Waals surface area contributed by atoms with Gasteiger partial charge in [-0.3, -0.25) is 4.79 Å². The quantitative estimate of drug-likeness (QED) is 0.730. The second-order valence-electron chi connectivity index (χ2n) is 5.89. The highest BCUT2D eigenvalue weighted by molar-refractivity contribution is 5.86. The van der Waals surface area contributed by atoms with Crippen molar-refractivity contribution in [1.82, 2.24) is 4.90 Å². The first-order valence-electron chi connectivity index (χ1n) is 7.80. The van der Waals surface area contributed by atoms with Gasteiger partial charge in [0.05, 0.1) is 6.07 Å². The smallest absolute Gasteiger partial charge is 0.243 e. The van der Waals surface area contributed by atoms with Crippen LogP contribution in [0.2, 0.25) is 0 Å². The molecular weight excluding hydrogens is 236 g/mol. The summed E-state index contributed by atoms with van der Waals surface area (Å²) in [5.41, 5.74) is -0.782. The summed E-state index contributed by atoms with van der Waals surface area (Å²) in [5.74, 6) is 0.0931. The lowest BCUT2D eigenvalue weighted by atomic mass is 9.79. The second-order valence-corrected chi connectivity index (χ2v) is 5.89. The molecule has 0 saturated carbocycles. The minimum absolute atomic E-state index is 0.0931. The number of nitrogens with zero attached hydrogens (tertiary/aromatic N) is 2. The summed E-state index contributed by atoms with van der Waals surface area (Å²) in [7, 11) is 0. The van der Waals surface area contributed by atoms with E-state index in [0.717, 1.165) is 32.1 Å². The predicted molar refractivity (Wildman–Crippen MR) is 77.5 cm³/mol. The Kier molecular flexibility index (Phi) is 5.85. The monoisotopic (exact) mass is 264 g/mol. The lowest BCUT2D eigenvalue weighted by molar-refractivity contribution is -0.142. The summed E-state index contributed by atoms with van der Waals surface area (Å²) in [6.07, 6.45) is 6.31. The molecule has 0 N–H and O–H groups in total. The Labute approximate surface area is 118 Å². The molecule has 3 heteroatoms. The van der Waals surface area contributed by atoms with Crippen LogP contribution in [0.3, 0.4) is 0 Å². The van der Waals surface area contributed by atoms with Crippen molar-refractivity contribution >= 4 is 5.91 Å². The van der Waals surface area contributed by atoms with E-state index >= 15 is 0 Å². The van der Waals surface area contributed by atoms with E-state index in [1.54, 1.807) is 0 Å². The van der Waals surface area contributed by atoms with Crippen LogP contribution in [0.1, 0.15) is 72.6 Å². The average molecular weight is 264 g/mol. The van der Waals surface area contributed by atoms with E-state index in [2.05, 4.69) is 33.8 Å². The fourth-order valence-corrected chi connectivity index (χ4v) is 3.44. The second kappa shape index (κ2) is 6.93. The first-order valence-corrected chi connectivity index (χ1v) is 7.80. The highest BCUT2D eigenvalue weighted by Gasteiger charge is 2.45. The van der Waals surface area contributed by atoms with Gasteiger partial charge in [-0.05, 0) is 39.0 Å². The summed E-state index contributed by atoms with van der Waals surface area (Å²) < 4.78 is 0. The third kappa shape index (κ3) is 3.11. The molecule has 0 aromatic heterocycles. The summed E-state index contributed by atoms with van der Waals surface area (Å²) in [6.45, 7) is 8.36. The van der Waals surface area contributed by atoms with Crippen molar-refractivity contribution in [2.45, 2.75) is 84.7 Å². The van der Waals surface area contributed by atoms with Crippen molar-refractivity contribution in [1.29, 1.82) is 5.26 Å². The van der Waals surface area contributed by atoms with Crippen LogP contribution in [-0.4, -0.2) is 22.9 Å². The van der Waals surface area contributed by atoms with Gasteiger partial charge < -0.3 is 4.90 Å². The molecule has 0 bridgehead atoms. The molecule has 0 aliphatic carbocycles. The Balaban J connectivity index is 3.01. The van der Waals surface area contributed by atoms with Crippen molar-refractivity contribution in [3.63, 3.8) is 0 Å². The maximum atomic E-state index is 13.0. The molecule has 1 rings (SSSR count). The minimum Gasteiger partial charge on any atom is -0.336 e. The van der Waals surface area contributed by atoms with Gasteiger partial charge >= 0.3 is 0 Å². The molecule has 0 radical (unpaired) electrons. The first-order chi connectivity index (χ1) is 9.06. The topological polar surface area (TPSA) is 44.1 Å². The third-order valence-corrected chi connectivity index (χ3v) is 4.47. The van der Waals surface area contributed by atoms with Gasteiger partial charge in [0.25, 0.3) is 0 Å². The molecule has 108 valence electrons. The normalized spacial score (nSPS) is 23.4. The average Bonchev–Trinajstić information content (AvgIpc) is 2.78. The van der Waals surface area contributed by atoms with Gasteiger partial charge in [-0.15, -0.1) is 0 Å². The molecule has 1 amide bonds. The van der Waals surface area contributed by atoms with Crippen molar-refractivity contribution < 1.29 is 4.79 Å². The molecule has 0 aromatic rings. The zero-order chi connectivity index (χ0) is 14.5. The van der Waals surface area contributed by atoms with Crippen molar-refractivity contribution in [2.24, 2.45) is 5.41 Å². The largest absolute Gasteiger partial charge is 0.336 e. The minimum atomic E-state index is -0.782. The Hall–Kier alpha value is -1.04. The predicted octanol–water partition coefficient (Wildman–Crippen LogP) is 3.89. The van der Waals surface area contributed by atoms with Crippen LogP contribution in [0.25, 0.3) is 0 Å². The lowest BCUT2D eigenvalue weighted by Gasteiger charge is -2.35. The molecule has 1 aliphatic heterocycles. The van der Waals surface area contributed by atoms with Gasteiger partial charge in [0.15, 0.2) is 0 Å². The number of amides is 1. The van der Waals surface area contributed by atoms with Gasteiger partial charge in [-0.1, -0.05) is 33.6 Å². The van der Waals surface area contributed by atoms with Crippen LogP contribution in [0.4, 0.5) is 0 Å². The van der Waals surface area contributed by atoms with E-state index in [-0.39, 0.29) is 5.91 Å². The number of rotatable bonds is 6. The summed E-state index contributed by atoms with van der Waals surface area (Å²) in [5, 5.41) is 9.62. The van der Waals surface area contributed by atoms with Crippen molar-refractivity contribution in [2.75, 3.05) is 0 Å².